The van der Waals surface area contributed by atoms with Crippen LogP contribution in [0, 0.1) is 12.7 Å². The van der Waals surface area contributed by atoms with Gasteiger partial charge in [-0.3, -0.25) is 0 Å². The number of sulfonamides is 1. The number of hydrogen-bond acceptors (Lipinski definition) is 2. The molecule has 1 aromatic rings. The van der Waals surface area contributed by atoms with Crippen molar-refractivity contribution in [3.8, 4) is 0 Å². The minimum atomic E-state index is -3.55. The second-order valence-corrected chi connectivity index (χ2v) is 6.90. The molecule has 0 amide bonds. The van der Waals surface area contributed by atoms with Gasteiger partial charge in [-0.25, -0.2) is 17.5 Å². The van der Waals surface area contributed by atoms with E-state index in [0.717, 1.165) is 19.3 Å². The van der Waals surface area contributed by atoms with E-state index in [9.17, 15) is 12.8 Å². The van der Waals surface area contributed by atoms with Crippen LogP contribution >= 0.6 is 0 Å². The third kappa shape index (κ3) is 3.90. The first kappa shape index (κ1) is 15.2. The molecule has 0 heterocycles. The van der Waals surface area contributed by atoms with Gasteiger partial charge in [0.05, 0.1) is 4.90 Å². The quantitative estimate of drug-likeness (QED) is 0.848. The monoisotopic (exact) mass is 297 g/mol. The summed E-state index contributed by atoms with van der Waals surface area (Å²) < 4.78 is 39.9. The normalized spacial score (nSPS) is 16.0. The Morgan fingerprint density at radius 1 is 1.30 bits per heavy atom. The summed E-state index contributed by atoms with van der Waals surface area (Å²) in [6.07, 6.45) is 7.54. The lowest BCUT2D eigenvalue weighted by molar-refractivity contribution is 0.577. The first-order valence-electron chi connectivity index (χ1n) is 6.93. The van der Waals surface area contributed by atoms with Crippen molar-refractivity contribution in [3.05, 3.63) is 41.2 Å². The predicted octanol–water partition coefficient (Wildman–Crippen LogP) is 3.30. The molecule has 1 aromatic carbocycles. The number of rotatable bonds is 5. The van der Waals surface area contributed by atoms with Crippen molar-refractivity contribution in [2.45, 2.75) is 43.9 Å². The number of halogens is 1. The Kier molecular flexibility index (Phi) is 4.94. The van der Waals surface area contributed by atoms with E-state index in [1.54, 1.807) is 6.92 Å². The van der Waals surface area contributed by atoms with E-state index in [-0.39, 0.29) is 4.90 Å². The molecule has 0 aromatic heterocycles. The molecule has 1 N–H and O–H groups in total. The molecule has 0 fully saturated rings. The van der Waals surface area contributed by atoms with E-state index in [1.807, 2.05) is 0 Å². The lowest BCUT2D eigenvalue weighted by Crippen LogP contribution is -2.26. The highest BCUT2D eigenvalue weighted by Crippen LogP contribution is 2.20. The molecule has 1 aliphatic carbocycles. The Labute approximate surface area is 119 Å². The molecule has 5 heteroatoms. The second kappa shape index (κ2) is 6.50. The smallest absolute Gasteiger partial charge is 0.211 e. The first-order valence-corrected chi connectivity index (χ1v) is 8.41. The summed E-state index contributed by atoms with van der Waals surface area (Å²) in [6, 6.07) is 3.72. The zero-order valence-electron chi connectivity index (χ0n) is 11.7. The molecule has 20 heavy (non-hydrogen) atoms. The zero-order chi connectivity index (χ0) is 14.6. The highest BCUT2D eigenvalue weighted by molar-refractivity contribution is 7.89. The number of aryl methyl sites for hydroxylation is 1. The lowest BCUT2D eigenvalue weighted by Gasteiger charge is -2.13. The fraction of sp³-hybridized carbons (Fsp3) is 0.467. The second-order valence-electron chi connectivity index (χ2n) is 5.17. The molecule has 0 saturated carbocycles. The molecule has 0 radical (unpaired) electrons. The minimum absolute atomic E-state index is 0.150. The SMILES string of the molecule is Cc1cc(F)ccc1S(=O)(=O)NCCC1=CCCCC1. The Bertz CT molecular complexity index is 608. The molecule has 2 rings (SSSR count). The van der Waals surface area contributed by atoms with Crippen molar-refractivity contribution in [2.24, 2.45) is 0 Å². The number of allylic oxidation sites excluding steroid dienone is 1. The number of benzene rings is 1. The highest BCUT2D eigenvalue weighted by Gasteiger charge is 2.16. The molecular weight excluding hydrogens is 277 g/mol. The van der Waals surface area contributed by atoms with Gasteiger partial charge in [0.2, 0.25) is 10.0 Å². The molecule has 110 valence electrons. The van der Waals surface area contributed by atoms with Crippen LogP contribution in [0.2, 0.25) is 0 Å². The maximum Gasteiger partial charge on any atom is 0.240 e. The van der Waals surface area contributed by atoms with Crippen LogP contribution in [0.3, 0.4) is 0 Å². The number of nitrogens with one attached hydrogen (secondary N) is 1. The van der Waals surface area contributed by atoms with Crippen molar-refractivity contribution < 1.29 is 12.8 Å². The van der Waals surface area contributed by atoms with Crippen molar-refractivity contribution in [1.29, 1.82) is 0 Å². The topological polar surface area (TPSA) is 46.2 Å². The fourth-order valence-corrected chi connectivity index (χ4v) is 3.73. The maximum absolute atomic E-state index is 13.0. The maximum atomic E-state index is 13.0. The van der Waals surface area contributed by atoms with Gasteiger partial charge in [0.1, 0.15) is 5.82 Å². The average Bonchev–Trinajstić information content (AvgIpc) is 2.39. The van der Waals surface area contributed by atoms with E-state index in [1.165, 1.54) is 36.6 Å². The van der Waals surface area contributed by atoms with Gasteiger partial charge >= 0.3 is 0 Å². The minimum Gasteiger partial charge on any atom is -0.211 e. The van der Waals surface area contributed by atoms with Crippen molar-refractivity contribution in [1.82, 2.24) is 4.72 Å². The molecule has 1 aliphatic rings. The number of hydrogen-bond donors (Lipinski definition) is 1. The largest absolute Gasteiger partial charge is 0.240 e. The van der Waals surface area contributed by atoms with Crippen LogP contribution in [-0.2, 0) is 10.0 Å². The van der Waals surface area contributed by atoms with Crippen LogP contribution in [-0.4, -0.2) is 15.0 Å². The highest BCUT2D eigenvalue weighted by atomic mass is 32.2. The third-order valence-electron chi connectivity index (χ3n) is 3.55. The van der Waals surface area contributed by atoms with E-state index in [0.29, 0.717) is 12.1 Å². The van der Waals surface area contributed by atoms with E-state index < -0.39 is 15.8 Å². The molecule has 0 bridgehead atoms. The molecule has 0 aliphatic heterocycles. The van der Waals surface area contributed by atoms with E-state index >= 15 is 0 Å². The molecule has 0 unspecified atom stereocenters. The Morgan fingerprint density at radius 3 is 2.75 bits per heavy atom. The van der Waals surface area contributed by atoms with Crippen molar-refractivity contribution in [3.63, 3.8) is 0 Å². The molecule has 3 nitrogen and oxygen atoms in total. The van der Waals surface area contributed by atoms with Crippen LogP contribution in [0.15, 0.2) is 34.7 Å². The van der Waals surface area contributed by atoms with Gasteiger partial charge in [-0.05, 0) is 62.8 Å². The average molecular weight is 297 g/mol. The summed E-state index contributed by atoms with van der Waals surface area (Å²) in [6.45, 7) is 1.99. The van der Waals surface area contributed by atoms with Gasteiger partial charge in [0, 0.05) is 6.54 Å². The van der Waals surface area contributed by atoms with Crippen LogP contribution in [0.4, 0.5) is 4.39 Å². The van der Waals surface area contributed by atoms with E-state index in [2.05, 4.69) is 10.8 Å². The molecule has 0 atom stereocenters. The summed E-state index contributed by atoms with van der Waals surface area (Å²) in [7, 11) is -3.55. The predicted molar refractivity (Wildman–Crippen MR) is 77.5 cm³/mol. The Balaban J connectivity index is 1.98. The summed E-state index contributed by atoms with van der Waals surface area (Å²) in [5.74, 6) is -0.422. The molecule has 0 saturated heterocycles. The van der Waals surface area contributed by atoms with Crippen LogP contribution in [0.1, 0.15) is 37.7 Å². The van der Waals surface area contributed by atoms with Crippen LogP contribution < -0.4 is 4.72 Å². The molecule has 0 spiro atoms. The standard InChI is InChI=1S/C15H20FNO2S/c1-12-11-14(16)7-8-15(12)20(18,19)17-10-9-13-5-3-2-4-6-13/h5,7-8,11,17H,2-4,6,9-10H2,1H3. The lowest BCUT2D eigenvalue weighted by atomic mass is 9.97. The van der Waals surface area contributed by atoms with Gasteiger partial charge in [-0.1, -0.05) is 11.6 Å². The Morgan fingerprint density at radius 2 is 2.10 bits per heavy atom. The van der Waals surface area contributed by atoms with Gasteiger partial charge in [0.25, 0.3) is 0 Å². The summed E-state index contributed by atoms with van der Waals surface area (Å²) in [4.78, 5) is 0.150. The van der Waals surface area contributed by atoms with Crippen molar-refractivity contribution >= 4 is 10.0 Å². The van der Waals surface area contributed by atoms with E-state index in [4.69, 9.17) is 0 Å². The van der Waals surface area contributed by atoms with Gasteiger partial charge in [-0.2, -0.15) is 0 Å². The Hall–Kier alpha value is -1.20. The first-order chi connectivity index (χ1) is 9.49. The van der Waals surface area contributed by atoms with Crippen molar-refractivity contribution in [2.75, 3.05) is 6.54 Å². The van der Waals surface area contributed by atoms with Crippen LogP contribution in [0.5, 0.6) is 0 Å². The summed E-state index contributed by atoms with van der Waals surface area (Å²) >= 11 is 0. The van der Waals surface area contributed by atoms with Gasteiger partial charge < -0.3 is 0 Å². The third-order valence-corrected chi connectivity index (χ3v) is 5.17. The summed E-state index contributed by atoms with van der Waals surface area (Å²) in [5.41, 5.74) is 1.75. The molecular formula is C15H20FNO2S. The fourth-order valence-electron chi connectivity index (χ4n) is 2.47. The zero-order valence-corrected chi connectivity index (χ0v) is 12.5. The van der Waals surface area contributed by atoms with Gasteiger partial charge in [-0.15, -0.1) is 0 Å². The summed E-state index contributed by atoms with van der Waals surface area (Å²) in [5, 5.41) is 0. The van der Waals surface area contributed by atoms with Gasteiger partial charge in [0.15, 0.2) is 0 Å². The van der Waals surface area contributed by atoms with Crippen LogP contribution in [0.25, 0.3) is 0 Å².